The molecule has 0 aromatic heterocycles. The molecule has 3 N–H and O–H groups in total. The Morgan fingerprint density at radius 2 is 1.85 bits per heavy atom. The van der Waals surface area contributed by atoms with Crippen molar-refractivity contribution in [2.24, 2.45) is 5.92 Å². The highest BCUT2D eigenvalue weighted by Crippen LogP contribution is 2.23. The summed E-state index contributed by atoms with van der Waals surface area (Å²) in [6.45, 7) is 6.25. The second-order valence-corrected chi connectivity index (χ2v) is 5.28. The van der Waals surface area contributed by atoms with Gasteiger partial charge in [0.25, 0.3) is 0 Å². The summed E-state index contributed by atoms with van der Waals surface area (Å²) >= 11 is 0. The third-order valence-corrected chi connectivity index (χ3v) is 2.97. The lowest BCUT2D eigenvalue weighted by molar-refractivity contribution is -0.137. The molecule has 1 atom stereocenters. The average Bonchev–Trinajstić information content (AvgIpc) is 2.36. The minimum atomic E-state index is -0.857. The Bertz CT molecular complexity index is 472. The van der Waals surface area contributed by atoms with Crippen molar-refractivity contribution in [3.63, 3.8) is 0 Å². The quantitative estimate of drug-likeness (QED) is 0.748. The summed E-state index contributed by atoms with van der Waals surface area (Å²) in [6.07, 6.45) is 0.0445. The van der Waals surface area contributed by atoms with Crippen LogP contribution >= 0.6 is 0 Å². The molecule has 0 fully saturated rings. The van der Waals surface area contributed by atoms with E-state index >= 15 is 0 Å². The number of carboxylic acid groups (broad SMARTS) is 1. The molecule has 0 spiro atoms. The smallest absolute Gasteiger partial charge is 0.319 e. The number of amides is 2. The first-order valence-corrected chi connectivity index (χ1v) is 6.75. The van der Waals surface area contributed by atoms with Crippen LogP contribution in [-0.2, 0) is 4.79 Å². The molecule has 0 aliphatic carbocycles. The molecule has 1 aromatic rings. The van der Waals surface area contributed by atoms with Crippen LogP contribution in [0, 0.1) is 5.92 Å². The van der Waals surface area contributed by atoms with Gasteiger partial charge in [-0.25, -0.2) is 4.79 Å². The maximum absolute atomic E-state index is 11.8. The molecule has 5 nitrogen and oxygen atoms in total. The summed E-state index contributed by atoms with van der Waals surface area (Å²) in [6, 6.07) is 7.33. The van der Waals surface area contributed by atoms with E-state index in [4.69, 9.17) is 5.11 Å². The van der Waals surface area contributed by atoms with Crippen molar-refractivity contribution in [3.8, 4) is 0 Å². The Morgan fingerprint density at radius 1 is 1.20 bits per heavy atom. The molecule has 0 aliphatic heterocycles. The molecule has 0 radical (unpaired) electrons. The van der Waals surface area contributed by atoms with Crippen LogP contribution in [0.2, 0.25) is 0 Å². The number of hydrogen-bond donors (Lipinski definition) is 3. The molecule has 2 amide bonds. The number of aliphatic carboxylic acids is 1. The third kappa shape index (κ3) is 5.30. The van der Waals surface area contributed by atoms with Crippen molar-refractivity contribution in [1.82, 2.24) is 5.32 Å². The number of urea groups is 1. The monoisotopic (exact) mass is 278 g/mol. The zero-order valence-corrected chi connectivity index (χ0v) is 12.1. The Hall–Kier alpha value is -2.04. The number of rotatable bonds is 6. The van der Waals surface area contributed by atoms with E-state index in [1.807, 2.05) is 24.3 Å². The van der Waals surface area contributed by atoms with Crippen LogP contribution in [0.3, 0.4) is 0 Å². The Morgan fingerprint density at radius 3 is 2.45 bits per heavy atom. The van der Waals surface area contributed by atoms with Crippen LogP contribution in [-0.4, -0.2) is 23.7 Å². The fraction of sp³-hybridized carbons (Fsp3) is 0.467. The number of carboxylic acids is 1. The molecule has 0 saturated heterocycles. The molecule has 0 bridgehead atoms. The van der Waals surface area contributed by atoms with E-state index in [1.165, 1.54) is 0 Å². The van der Waals surface area contributed by atoms with Gasteiger partial charge < -0.3 is 15.7 Å². The number of para-hydroxylation sites is 1. The van der Waals surface area contributed by atoms with Crippen molar-refractivity contribution in [2.75, 3.05) is 11.9 Å². The van der Waals surface area contributed by atoms with Crippen LogP contribution in [0.15, 0.2) is 24.3 Å². The maximum Gasteiger partial charge on any atom is 0.319 e. The number of benzene rings is 1. The largest absolute Gasteiger partial charge is 0.481 e. The molecule has 1 aromatic carbocycles. The maximum atomic E-state index is 11.8. The van der Waals surface area contributed by atoms with Crippen LogP contribution in [0.1, 0.15) is 38.7 Å². The van der Waals surface area contributed by atoms with Gasteiger partial charge >= 0.3 is 12.0 Å². The first-order valence-electron chi connectivity index (χ1n) is 6.75. The van der Waals surface area contributed by atoms with E-state index in [0.717, 1.165) is 11.3 Å². The van der Waals surface area contributed by atoms with Crippen LogP contribution in [0.4, 0.5) is 10.5 Å². The highest BCUT2D eigenvalue weighted by Gasteiger charge is 2.11. The summed E-state index contributed by atoms with van der Waals surface area (Å²) in [7, 11) is 0. The van der Waals surface area contributed by atoms with E-state index in [9.17, 15) is 9.59 Å². The van der Waals surface area contributed by atoms with Gasteiger partial charge in [-0.3, -0.25) is 4.79 Å². The molecule has 0 aliphatic rings. The third-order valence-electron chi connectivity index (χ3n) is 2.97. The van der Waals surface area contributed by atoms with E-state index in [1.54, 1.807) is 6.92 Å². The molecular weight excluding hydrogens is 256 g/mol. The van der Waals surface area contributed by atoms with Gasteiger partial charge in [-0.2, -0.15) is 0 Å². The normalized spacial score (nSPS) is 12.0. The molecule has 0 saturated carbocycles. The van der Waals surface area contributed by atoms with Crippen LogP contribution < -0.4 is 10.6 Å². The highest BCUT2D eigenvalue weighted by molar-refractivity contribution is 5.90. The number of anilines is 1. The summed E-state index contributed by atoms with van der Waals surface area (Å²) in [5.41, 5.74) is 1.85. The average molecular weight is 278 g/mol. The second-order valence-electron chi connectivity index (χ2n) is 5.28. The van der Waals surface area contributed by atoms with E-state index < -0.39 is 5.97 Å². The lowest BCUT2D eigenvalue weighted by Gasteiger charge is -2.15. The fourth-order valence-electron chi connectivity index (χ4n) is 1.92. The lowest BCUT2D eigenvalue weighted by Crippen LogP contribution is -2.33. The van der Waals surface area contributed by atoms with Gasteiger partial charge in [-0.05, 0) is 23.5 Å². The zero-order chi connectivity index (χ0) is 15.1. The van der Waals surface area contributed by atoms with Gasteiger partial charge in [0.2, 0.25) is 0 Å². The number of nitrogens with one attached hydrogen (secondary N) is 2. The van der Waals surface area contributed by atoms with Crippen LogP contribution in [0.5, 0.6) is 0 Å². The minimum Gasteiger partial charge on any atom is -0.481 e. The minimum absolute atomic E-state index is 0.0445. The lowest BCUT2D eigenvalue weighted by atomic mass is 10.0. The van der Waals surface area contributed by atoms with Gasteiger partial charge in [-0.1, -0.05) is 39.0 Å². The fourth-order valence-corrected chi connectivity index (χ4v) is 1.92. The predicted octanol–water partition coefficient (Wildman–Crippen LogP) is 3.04. The summed E-state index contributed by atoms with van der Waals surface area (Å²) < 4.78 is 0. The summed E-state index contributed by atoms with van der Waals surface area (Å²) in [4.78, 5) is 22.3. The van der Waals surface area contributed by atoms with Gasteiger partial charge in [0.05, 0.1) is 0 Å². The molecule has 20 heavy (non-hydrogen) atoms. The molecule has 0 heterocycles. The molecule has 1 unspecified atom stereocenters. The predicted molar refractivity (Wildman–Crippen MR) is 79.0 cm³/mol. The first-order chi connectivity index (χ1) is 9.40. The second kappa shape index (κ2) is 7.53. The Labute approximate surface area is 119 Å². The van der Waals surface area contributed by atoms with Gasteiger partial charge in [0.15, 0.2) is 0 Å². The molecule has 5 heteroatoms. The number of carbonyl (C=O) groups excluding carboxylic acids is 1. The van der Waals surface area contributed by atoms with Gasteiger partial charge in [-0.15, -0.1) is 0 Å². The van der Waals surface area contributed by atoms with Crippen molar-refractivity contribution in [1.29, 1.82) is 0 Å². The Kier molecular flexibility index (Phi) is 6.03. The van der Waals surface area contributed by atoms with Crippen molar-refractivity contribution >= 4 is 17.7 Å². The highest BCUT2D eigenvalue weighted by atomic mass is 16.4. The van der Waals surface area contributed by atoms with Crippen molar-refractivity contribution in [2.45, 2.75) is 33.1 Å². The molecule has 1 rings (SSSR count). The summed E-state index contributed by atoms with van der Waals surface area (Å²) in [5.74, 6) is -0.638. The van der Waals surface area contributed by atoms with Gasteiger partial charge in [0, 0.05) is 18.7 Å². The number of hydrogen-bond acceptors (Lipinski definition) is 2. The first kappa shape index (κ1) is 16.0. The van der Waals surface area contributed by atoms with Crippen LogP contribution in [0.25, 0.3) is 0 Å². The topological polar surface area (TPSA) is 78.4 Å². The van der Waals surface area contributed by atoms with Crippen molar-refractivity contribution < 1.29 is 14.7 Å². The van der Waals surface area contributed by atoms with E-state index in [2.05, 4.69) is 24.5 Å². The molecule has 110 valence electrons. The van der Waals surface area contributed by atoms with Gasteiger partial charge in [0.1, 0.15) is 0 Å². The molecular formula is C15H22N2O3. The Balaban J connectivity index is 2.53. The van der Waals surface area contributed by atoms with Crippen molar-refractivity contribution in [3.05, 3.63) is 29.8 Å². The summed E-state index contributed by atoms with van der Waals surface area (Å²) in [5, 5.41) is 14.1. The zero-order valence-electron chi connectivity index (χ0n) is 12.1. The number of carbonyl (C=O) groups is 2. The SMILES string of the molecule is CC(CNC(=O)Nc1ccccc1C(C)C)CC(=O)O. The standard InChI is InChI=1S/C15H22N2O3/c1-10(2)12-6-4-5-7-13(12)17-15(20)16-9-11(3)8-14(18)19/h4-7,10-11H,8-9H2,1-3H3,(H,18,19)(H2,16,17,20). The van der Waals surface area contributed by atoms with E-state index in [-0.39, 0.29) is 18.4 Å². The van der Waals surface area contributed by atoms with E-state index in [0.29, 0.717) is 12.5 Å².